The minimum absolute atomic E-state index is 0.262. The summed E-state index contributed by atoms with van der Waals surface area (Å²) in [5.41, 5.74) is 8.93. The average Bonchev–Trinajstić information content (AvgIpc) is 2.76. The Morgan fingerprint density at radius 1 is 1.19 bits per heavy atom. The zero-order chi connectivity index (χ0) is 22.1. The van der Waals surface area contributed by atoms with Gasteiger partial charge in [0.25, 0.3) is 0 Å². The normalized spacial score (nSPS) is 11.8. The van der Waals surface area contributed by atoms with Crippen molar-refractivity contribution < 1.29 is 13.9 Å². The number of nitrogens with zero attached hydrogens (tertiary/aromatic N) is 2. The van der Waals surface area contributed by atoms with E-state index in [1.54, 1.807) is 31.6 Å². The van der Waals surface area contributed by atoms with Crippen molar-refractivity contribution in [2.45, 2.75) is 25.2 Å². The number of hydrogen-bond donors (Lipinski definition) is 2. The maximum absolute atomic E-state index is 13.5. The fourth-order valence-electron chi connectivity index (χ4n) is 3.48. The smallest absolute Gasteiger partial charge is 0.229 e. The molecule has 2 heterocycles. The van der Waals surface area contributed by atoms with Gasteiger partial charge in [-0.1, -0.05) is 24.3 Å². The fraction of sp³-hybridized carbons (Fsp3) is 0.292. The zero-order valence-corrected chi connectivity index (χ0v) is 17.6. The van der Waals surface area contributed by atoms with Gasteiger partial charge in [-0.15, -0.1) is 0 Å². The Balaban J connectivity index is 1.86. The van der Waals surface area contributed by atoms with E-state index in [-0.39, 0.29) is 5.82 Å². The number of anilines is 1. The number of carbonyl (C=O) groups excluding carboxylic acids is 1. The number of ether oxygens (including phenoxy) is 1. The van der Waals surface area contributed by atoms with E-state index in [0.29, 0.717) is 36.5 Å². The molecule has 0 bridgehead atoms. The molecule has 1 amide bonds. The predicted molar refractivity (Wildman–Crippen MR) is 118 cm³/mol. The van der Waals surface area contributed by atoms with E-state index in [0.717, 1.165) is 24.1 Å². The van der Waals surface area contributed by atoms with Crippen molar-refractivity contribution >= 4 is 11.7 Å². The summed E-state index contributed by atoms with van der Waals surface area (Å²) < 4.78 is 18.6. The van der Waals surface area contributed by atoms with E-state index >= 15 is 0 Å². The first-order valence-electron chi connectivity index (χ1n) is 10.2. The van der Waals surface area contributed by atoms with Gasteiger partial charge in [0.2, 0.25) is 5.91 Å². The van der Waals surface area contributed by atoms with Gasteiger partial charge >= 0.3 is 0 Å². The lowest BCUT2D eigenvalue weighted by Crippen LogP contribution is -2.24. The van der Waals surface area contributed by atoms with Crippen molar-refractivity contribution in [2.75, 3.05) is 25.6 Å². The Bertz CT molecular complexity index is 998. The maximum Gasteiger partial charge on any atom is 0.229 e. The molecule has 1 atom stereocenters. The summed E-state index contributed by atoms with van der Waals surface area (Å²) in [5, 5.41) is 3.32. The standard InChI is InChI=1S/C24H27FN4O2/c1-31-14-4-8-20-9-10-21(22(23(26)30)18-6-3-12-27-16-18)24(29-20)28-13-11-17-5-2-7-19(25)15-17/h2-3,5-7,9-10,12,15-16,22H,4,8,11,13-14H2,1H3,(H2,26,30)(H,28,29). The fourth-order valence-corrected chi connectivity index (χ4v) is 3.48. The number of pyridine rings is 2. The summed E-state index contributed by atoms with van der Waals surface area (Å²) in [5.74, 6) is -0.818. The highest BCUT2D eigenvalue weighted by atomic mass is 19.1. The van der Waals surface area contributed by atoms with Crippen LogP contribution in [-0.2, 0) is 22.4 Å². The molecule has 6 nitrogen and oxygen atoms in total. The molecule has 3 aromatic rings. The number of aromatic nitrogens is 2. The van der Waals surface area contributed by atoms with Crippen LogP contribution >= 0.6 is 0 Å². The molecule has 0 spiro atoms. The summed E-state index contributed by atoms with van der Waals surface area (Å²) in [6.07, 6.45) is 5.49. The zero-order valence-electron chi connectivity index (χ0n) is 17.6. The molecule has 0 aliphatic carbocycles. The van der Waals surface area contributed by atoms with Crippen molar-refractivity contribution in [1.29, 1.82) is 0 Å². The quantitative estimate of drug-likeness (QED) is 0.462. The van der Waals surface area contributed by atoms with Crippen LogP contribution in [-0.4, -0.2) is 36.1 Å². The molecular weight excluding hydrogens is 395 g/mol. The third-order valence-corrected chi connectivity index (χ3v) is 4.97. The first kappa shape index (κ1) is 22.4. The van der Waals surface area contributed by atoms with E-state index in [4.69, 9.17) is 15.5 Å². The largest absolute Gasteiger partial charge is 0.385 e. The van der Waals surface area contributed by atoms with Crippen LogP contribution in [0.25, 0.3) is 0 Å². The van der Waals surface area contributed by atoms with Crippen LogP contribution in [0.5, 0.6) is 0 Å². The Labute approximate surface area is 181 Å². The van der Waals surface area contributed by atoms with Crippen molar-refractivity contribution in [2.24, 2.45) is 5.73 Å². The van der Waals surface area contributed by atoms with E-state index in [9.17, 15) is 9.18 Å². The van der Waals surface area contributed by atoms with Crippen LogP contribution in [0.15, 0.2) is 60.9 Å². The third-order valence-electron chi connectivity index (χ3n) is 4.97. The van der Waals surface area contributed by atoms with Gasteiger partial charge in [0, 0.05) is 43.9 Å². The first-order chi connectivity index (χ1) is 15.1. The summed E-state index contributed by atoms with van der Waals surface area (Å²) in [6.45, 7) is 1.18. The van der Waals surface area contributed by atoms with Crippen LogP contribution in [0.4, 0.5) is 10.2 Å². The third kappa shape index (κ3) is 6.33. The number of rotatable bonds is 11. The highest BCUT2D eigenvalue weighted by Crippen LogP contribution is 2.29. The summed E-state index contributed by atoms with van der Waals surface area (Å²) in [6, 6.07) is 13.9. The van der Waals surface area contributed by atoms with Gasteiger partial charge in [-0.05, 0) is 54.7 Å². The van der Waals surface area contributed by atoms with Crippen molar-refractivity contribution in [3.63, 3.8) is 0 Å². The lowest BCUT2D eigenvalue weighted by Gasteiger charge is -2.19. The average molecular weight is 423 g/mol. The summed E-state index contributed by atoms with van der Waals surface area (Å²) in [4.78, 5) is 21.2. The lowest BCUT2D eigenvalue weighted by atomic mass is 9.91. The topological polar surface area (TPSA) is 90.1 Å². The molecule has 1 unspecified atom stereocenters. The van der Waals surface area contributed by atoms with E-state index in [2.05, 4.69) is 10.3 Å². The molecule has 0 radical (unpaired) electrons. The van der Waals surface area contributed by atoms with Gasteiger partial charge in [0.15, 0.2) is 0 Å². The van der Waals surface area contributed by atoms with Gasteiger partial charge < -0.3 is 15.8 Å². The number of nitrogens with two attached hydrogens (primary N) is 1. The van der Waals surface area contributed by atoms with Gasteiger partial charge in [-0.3, -0.25) is 9.78 Å². The predicted octanol–water partition coefficient (Wildman–Crippen LogP) is 3.47. The highest BCUT2D eigenvalue weighted by Gasteiger charge is 2.24. The van der Waals surface area contributed by atoms with E-state index in [1.165, 1.54) is 12.1 Å². The van der Waals surface area contributed by atoms with Crippen molar-refractivity contribution in [1.82, 2.24) is 9.97 Å². The van der Waals surface area contributed by atoms with Crippen molar-refractivity contribution in [3.8, 4) is 0 Å². The number of benzene rings is 1. The number of aryl methyl sites for hydroxylation is 1. The van der Waals surface area contributed by atoms with Crippen LogP contribution in [0.2, 0.25) is 0 Å². The highest BCUT2D eigenvalue weighted by molar-refractivity contribution is 5.87. The molecular formula is C24H27FN4O2. The van der Waals surface area contributed by atoms with Crippen LogP contribution in [0.1, 0.15) is 34.7 Å². The Morgan fingerprint density at radius 3 is 2.77 bits per heavy atom. The number of halogens is 1. The number of methoxy groups -OCH3 is 1. The SMILES string of the molecule is COCCCc1ccc(C(C(N)=O)c2cccnc2)c(NCCc2cccc(F)c2)n1. The minimum Gasteiger partial charge on any atom is -0.385 e. The first-order valence-corrected chi connectivity index (χ1v) is 10.2. The van der Waals surface area contributed by atoms with E-state index in [1.807, 2.05) is 24.3 Å². The number of carbonyl (C=O) groups is 1. The lowest BCUT2D eigenvalue weighted by molar-refractivity contribution is -0.118. The summed E-state index contributed by atoms with van der Waals surface area (Å²) in [7, 11) is 1.67. The maximum atomic E-state index is 13.5. The van der Waals surface area contributed by atoms with Crippen LogP contribution in [0, 0.1) is 5.82 Å². The Morgan fingerprint density at radius 2 is 2.06 bits per heavy atom. The molecule has 162 valence electrons. The number of hydrogen-bond acceptors (Lipinski definition) is 5. The second kappa shape index (κ2) is 11.2. The number of nitrogens with one attached hydrogen (secondary N) is 1. The van der Waals surface area contributed by atoms with Gasteiger partial charge in [0.1, 0.15) is 11.6 Å². The molecule has 0 aliphatic heterocycles. The molecule has 3 rings (SSSR count). The van der Waals surface area contributed by atoms with Gasteiger partial charge in [0.05, 0.1) is 5.92 Å². The van der Waals surface area contributed by atoms with Gasteiger partial charge in [-0.25, -0.2) is 9.37 Å². The minimum atomic E-state index is -0.675. The molecule has 0 aliphatic rings. The molecule has 7 heteroatoms. The van der Waals surface area contributed by atoms with Crippen LogP contribution in [0.3, 0.4) is 0 Å². The number of amides is 1. The monoisotopic (exact) mass is 422 g/mol. The van der Waals surface area contributed by atoms with Crippen LogP contribution < -0.4 is 11.1 Å². The second-order valence-corrected chi connectivity index (χ2v) is 7.27. The summed E-state index contributed by atoms with van der Waals surface area (Å²) >= 11 is 0. The molecule has 2 aromatic heterocycles. The Kier molecular flexibility index (Phi) is 8.06. The molecule has 0 saturated carbocycles. The molecule has 0 fully saturated rings. The van der Waals surface area contributed by atoms with Crippen molar-refractivity contribution in [3.05, 3.63) is 89.1 Å². The van der Waals surface area contributed by atoms with Gasteiger partial charge in [-0.2, -0.15) is 0 Å². The van der Waals surface area contributed by atoms with E-state index < -0.39 is 11.8 Å². The number of primary amides is 1. The second-order valence-electron chi connectivity index (χ2n) is 7.27. The molecule has 0 saturated heterocycles. The Hall–Kier alpha value is -3.32. The molecule has 31 heavy (non-hydrogen) atoms. The molecule has 3 N–H and O–H groups in total. The molecule has 1 aromatic carbocycles.